The number of carbonyl (C=O) groups is 3. The molecule has 10 nitrogen and oxygen atoms in total. The molecule has 1 aliphatic rings. The number of para-hydroxylation sites is 1. The minimum Gasteiger partial charge on any atom is -0.493 e. The average Bonchev–Trinajstić information content (AvgIpc) is 3.18. The van der Waals surface area contributed by atoms with Crippen molar-refractivity contribution in [3.05, 3.63) is 91.9 Å². The summed E-state index contributed by atoms with van der Waals surface area (Å²) in [5.74, 6) is -1.67. The van der Waals surface area contributed by atoms with Crippen molar-refractivity contribution in [1.29, 1.82) is 0 Å². The number of alkyl halides is 3. The normalized spacial score (nSPS) is 14.3. The third-order valence-electron chi connectivity index (χ3n) is 6.11. The SMILES string of the molecule is COc1cc(/C=C2/SC(=O)N(CC(=O)Nc3c(C)cccc3C)C2=O)ccc1Oc1ccc(C(F)(F)F)cc1[N+](=O)[O-]. The third-order valence-corrected chi connectivity index (χ3v) is 7.02. The quantitative estimate of drug-likeness (QED) is 0.172. The van der Waals surface area contributed by atoms with E-state index in [-0.39, 0.29) is 16.4 Å². The van der Waals surface area contributed by atoms with Crippen molar-refractivity contribution in [2.75, 3.05) is 19.0 Å². The molecule has 3 aromatic carbocycles. The van der Waals surface area contributed by atoms with Crippen molar-refractivity contribution in [2.45, 2.75) is 20.0 Å². The summed E-state index contributed by atoms with van der Waals surface area (Å²) in [4.78, 5) is 49.3. The zero-order valence-corrected chi connectivity index (χ0v) is 23.1. The zero-order chi connectivity index (χ0) is 30.8. The Hall–Kier alpha value is -4.85. The molecule has 3 aromatic rings. The maximum absolute atomic E-state index is 13.0. The van der Waals surface area contributed by atoms with E-state index >= 15 is 0 Å². The van der Waals surface area contributed by atoms with Crippen LogP contribution in [0.2, 0.25) is 0 Å². The molecule has 0 saturated carbocycles. The van der Waals surface area contributed by atoms with Crippen molar-refractivity contribution in [3.63, 3.8) is 0 Å². The maximum Gasteiger partial charge on any atom is 0.416 e. The number of hydrogen-bond donors (Lipinski definition) is 1. The van der Waals surface area contributed by atoms with Crippen LogP contribution in [0.3, 0.4) is 0 Å². The Labute approximate surface area is 241 Å². The molecule has 1 heterocycles. The van der Waals surface area contributed by atoms with Gasteiger partial charge in [-0.2, -0.15) is 13.2 Å². The van der Waals surface area contributed by atoms with Crippen LogP contribution in [-0.4, -0.2) is 40.5 Å². The number of anilines is 1. The van der Waals surface area contributed by atoms with E-state index in [0.717, 1.165) is 22.1 Å². The molecule has 1 aliphatic heterocycles. The predicted molar refractivity (Wildman–Crippen MR) is 148 cm³/mol. The molecule has 1 saturated heterocycles. The number of nitro groups is 1. The van der Waals surface area contributed by atoms with Gasteiger partial charge in [0.1, 0.15) is 6.54 Å². The van der Waals surface area contributed by atoms with Crippen LogP contribution in [0.15, 0.2) is 59.5 Å². The fourth-order valence-corrected chi connectivity index (χ4v) is 4.86. The Balaban J connectivity index is 1.52. The highest BCUT2D eigenvalue weighted by Gasteiger charge is 2.37. The standard InChI is InChI=1S/C28H22F3N3O7S/c1-15-5-4-6-16(2)25(15)32-24(35)14-33-26(36)23(42-27(33)37)12-17-7-9-21(22(11-17)40-3)41-20-10-8-18(28(29,30)31)13-19(20)34(38)39/h4-13H,14H2,1-3H3,(H,32,35)/b23-12+. The second-order valence-corrected chi connectivity index (χ2v) is 10.0. The number of rotatable bonds is 8. The average molecular weight is 602 g/mol. The van der Waals surface area contributed by atoms with Crippen LogP contribution in [0.5, 0.6) is 17.2 Å². The van der Waals surface area contributed by atoms with Crippen LogP contribution in [0.1, 0.15) is 22.3 Å². The minimum atomic E-state index is -4.79. The lowest BCUT2D eigenvalue weighted by atomic mass is 10.1. The van der Waals surface area contributed by atoms with E-state index in [1.54, 1.807) is 0 Å². The van der Waals surface area contributed by atoms with E-state index in [4.69, 9.17) is 9.47 Å². The topological polar surface area (TPSA) is 128 Å². The van der Waals surface area contributed by atoms with Crippen molar-refractivity contribution in [3.8, 4) is 17.2 Å². The predicted octanol–water partition coefficient (Wildman–Crippen LogP) is 6.71. The number of aryl methyl sites for hydroxylation is 2. The first-order valence-corrected chi connectivity index (χ1v) is 12.9. The smallest absolute Gasteiger partial charge is 0.416 e. The first-order chi connectivity index (χ1) is 19.8. The maximum atomic E-state index is 13.0. The minimum absolute atomic E-state index is 0.0361. The van der Waals surface area contributed by atoms with Gasteiger partial charge < -0.3 is 14.8 Å². The van der Waals surface area contributed by atoms with Crippen LogP contribution in [0, 0.1) is 24.0 Å². The van der Waals surface area contributed by atoms with Crippen molar-refractivity contribution in [2.24, 2.45) is 0 Å². The third kappa shape index (κ3) is 6.54. The number of nitrogens with one attached hydrogen (secondary N) is 1. The second kappa shape index (κ2) is 11.9. The summed E-state index contributed by atoms with van der Waals surface area (Å²) in [6, 6.07) is 11.5. The lowest BCUT2D eigenvalue weighted by Crippen LogP contribution is -2.36. The van der Waals surface area contributed by atoms with Gasteiger partial charge in [0.2, 0.25) is 11.7 Å². The molecule has 3 amide bonds. The van der Waals surface area contributed by atoms with E-state index in [1.807, 2.05) is 32.0 Å². The van der Waals surface area contributed by atoms with E-state index < -0.39 is 51.7 Å². The second-order valence-electron chi connectivity index (χ2n) is 9.03. The highest BCUT2D eigenvalue weighted by atomic mass is 32.2. The lowest BCUT2D eigenvalue weighted by molar-refractivity contribution is -0.385. The molecule has 1 fully saturated rings. The number of carbonyl (C=O) groups excluding carboxylic acids is 3. The number of imide groups is 1. The Morgan fingerprint density at radius 2 is 1.71 bits per heavy atom. The molecule has 218 valence electrons. The summed E-state index contributed by atoms with van der Waals surface area (Å²) in [6.45, 7) is 3.15. The van der Waals surface area contributed by atoms with E-state index in [2.05, 4.69) is 5.32 Å². The van der Waals surface area contributed by atoms with E-state index in [0.29, 0.717) is 35.1 Å². The van der Waals surface area contributed by atoms with Crippen LogP contribution < -0.4 is 14.8 Å². The highest BCUT2D eigenvalue weighted by molar-refractivity contribution is 8.18. The summed E-state index contributed by atoms with van der Waals surface area (Å²) < 4.78 is 49.8. The fourth-order valence-electron chi connectivity index (χ4n) is 4.02. The number of benzene rings is 3. The molecule has 0 aromatic heterocycles. The molecule has 0 spiro atoms. The number of amides is 3. The summed E-state index contributed by atoms with van der Waals surface area (Å²) in [5, 5.41) is 13.5. The molecule has 1 N–H and O–H groups in total. The monoisotopic (exact) mass is 601 g/mol. The number of ether oxygens (including phenoxy) is 2. The summed E-state index contributed by atoms with van der Waals surface area (Å²) >= 11 is 0.640. The molecule has 0 atom stereocenters. The number of nitrogens with zero attached hydrogens (tertiary/aromatic N) is 2. The van der Waals surface area contributed by atoms with Gasteiger partial charge in [-0.1, -0.05) is 24.3 Å². The zero-order valence-electron chi connectivity index (χ0n) is 22.3. The molecule has 42 heavy (non-hydrogen) atoms. The first kappa shape index (κ1) is 30.1. The molecule has 0 unspecified atom stereocenters. The largest absolute Gasteiger partial charge is 0.493 e. The van der Waals surface area contributed by atoms with Gasteiger partial charge in [0.15, 0.2) is 11.5 Å². The van der Waals surface area contributed by atoms with Gasteiger partial charge in [0.25, 0.3) is 11.1 Å². The summed E-state index contributed by atoms with van der Waals surface area (Å²) in [6.07, 6.45) is -3.40. The van der Waals surface area contributed by atoms with Gasteiger partial charge in [-0.25, -0.2) is 0 Å². The lowest BCUT2D eigenvalue weighted by Gasteiger charge is -2.15. The molecular formula is C28H22F3N3O7S. The molecule has 0 bridgehead atoms. The van der Waals surface area contributed by atoms with Gasteiger partial charge in [0.05, 0.1) is 22.5 Å². The number of nitro benzene ring substituents is 1. The molecule has 0 aliphatic carbocycles. The van der Waals surface area contributed by atoms with Crippen LogP contribution in [0.25, 0.3) is 6.08 Å². The Morgan fingerprint density at radius 3 is 2.33 bits per heavy atom. The number of methoxy groups -OCH3 is 1. The molecule has 4 rings (SSSR count). The Bertz CT molecular complexity index is 1620. The van der Waals surface area contributed by atoms with Crippen molar-refractivity contribution in [1.82, 2.24) is 4.90 Å². The summed E-state index contributed by atoms with van der Waals surface area (Å²) in [5.41, 5.74) is 0.526. The van der Waals surface area contributed by atoms with E-state index in [1.165, 1.54) is 31.4 Å². The fraction of sp³-hybridized carbons (Fsp3) is 0.179. The first-order valence-electron chi connectivity index (χ1n) is 12.1. The van der Waals surface area contributed by atoms with Crippen LogP contribution in [0.4, 0.5) is 29.3 Å². The van der Waals surface area contributed by atoms with Gasteiger partial charge in [-0.05, 0) is 72.6 Å². The molecule has 0 radical (unpaired) electrons. The van der Waals surface area contributed by atoms with Crippen LogP contribution >= 0.6 is 11.8 Å². The van der Waals surface area contributed by atoms with Gasteiger partial charge in [-0.3, -0.25) is 29.4 Å². The Morgan fingerprint density at radius 1 is 1.05 bits per heavy atom. The highest BCUT2D eigenvalue weighted by Crippen LogP contribution is 2.41. The molecule has 14 heteroatoms. The van der Waals surface area contributed by atoms with E-state index in [9.17, 15) is 37.7 Å². The molecular weight excluding hydrogens is 579 g/mol. The number of hydrogen-bond acceptors (Lipinski definition) is 8. The van der Waals surface area contributed by atoms with Gasteiger partial charge in [0, 0.05) is 11.8 Å². The van der Waals surface area contributed by atoms with Gasteiger partial charge in [-0.15, -0.1) is 0 Å². The van der Waals surface area contributed by atoms with Crippen LogP contribution in [-0.2, 0) is 15.8 Å². The van der Waals surface area contributed by atoms with Crippen molar-refractivity contribution < 1.29 is 42.0 Å². The Kier molecular flexibility index (Phi) is 8.56. The summed E-state index contributed by atoms with van der Waals surface area (Å²) in [7, 11) is 1.27. The number of halogens is 3. The van der Waals surface area contributed by atoms with Crippen molar-refractivity contribution >= 4 is 46.3 Å². The number of thioether (sulfide) groups is 1. The van der Waals surface area contributed by atoms with Gasteiger partial charge >= 0.3 is 11.9 Å².